The van der Waals surface area contributed by atoms with Gasteiger partial charge in [0.2, 0.25) is 5.91 Å². The van der Waals surface area contributed by atoms with Gasteiger partial charge in [-0.25, -0.2) is 4.79 Å². The second-order valence-corrected chi connectivity index (χ2v) is 4.16. The van der Waals surface area contributed by atoms with Crippen molar-refractivity contribution in [2.45, 2.75) is 13.3 Å². The van der Waals surface area contributed by atoms with Crippen LogP contribution in [0, 0.1) is 0 Å². The third-order valence-corrected chi connectivity index (χ3v) is 2.43. The van der Waals surface area contributed by atoms with Gasteiger partial charge in [0.1, 0.15) is 0 Å². The fourth-order valence-corrected chi connectivity index (χ4v) is 1.55. The molecule has 98 valence electrons. The van der Waals surface area contributed by atoms with E-state index in [1.165, 1.54) is 18.2 Å². The van der Waals surface area contributed by atoms with Crippen LogP contribution in [0.2, 0.25) is 5.02 Å². The molecule has 1 aromatic carbocycles. The maximum atomic E-state index is 11.6. The first-order valence-electron chi connectivity index (χ1n) is 5.58. The maximum absolute atomic E-state index is 11.6. The number of nitrogens with one attached hydrogen (secondary N) is 2. The summed E-state index contributed by atoms with van der Waals surface area (Å²) in [7, 11) is 0. The molecule has 18 heavy (non-hydrogen) atoms. The summed E-state index contributed by atoms with van der Waals surface area (Å²) in [4.78, 5) is 22.5. The number of carbonyl (C=O) groups excluding carboxylic acids is 1. The number of halogens is 1. The number of anilines is 1. The monoisotopic (exact) mass is 270 g/mol. The van der Waals surface area contributed by atoms with Crippen LogP contribution in [0.25, 0.3) is 0 Å². The second-order valence-electron chi connectivity index (χ2n) is 3.72. The van der Waals surface area contributed by atoms with Crippen LogP contribution in [0.5, 0.6) is 0 Å². The van der Waals surface area contributed by atoms with E-state index in [9.17, 15) is 9.59 Å². The van der Waals surface area contributed by atoms with Gasteiger partial charge in [0, 0.05) is 5.02 Å². The van der Waals surface area contributed by atoms with Gasteiger partial charge in [0.05, 0.1) is 17.8 Å². The van der Waals surface area contributed by atoms with Gasteiger partial charge in [0.15, 0.2) is 0 Å². The fourth-order valence-electron chi connectivity index (χ4n) is 1.38. The number of aromatic carboxylic acids is 1. The summed E-state index contributed by atoms with van der Waals surface area (Å²) < 4.78 is 0. The van der Waals surface area contributed by atoms with Crippen molar-refractivity contribution < 1.29 is 14.7 Å². The highest BCUT2D eigenvalue weighted by molar-refractivity contribution is 6.31. The highest BCUT2D eigenvalue weighted by Gasteiger charge is 2.12. The molecule has 0 fully saturated rings. The molecule has 1 aromatic rings. The Kier molecular flexibility index (Phi) is 5.61. The second kappa shape index (κ2) is 6.98. The van der Waals surface area contributed by atoms with Crippen LogP contribution in [0.15, 0.2) is 18.2 Å². The lowest BCUT2D eigenvalue weighted by molar-refractivity contribution is -0.115. The number of rotatable bonds is 6. The Balaban J connectivity index is 2.73. The molecule has 5 nitrogen and oxygen atoms in total. The average Bonchev–Trinajstić information content (AvgIpc) is 2.29. The van der Waals surface area contributed by atoms with E-state index in [0.717, 1.165) is 13.0 Å². The van der Waals surface area contributed by atoms with E-state index in [-0.39, 0.29) is 23.7 Å². The molecule has 0 atom stereocenters. The first-order valence-corrected chi connectivity index (χ1v) is 5.95. The largest absolute Gasteiger partial charge is 0.478 e. The lowest BCUT2D eigenvalue weighted by Gasteiger charge is -2.09. The third kappa shape index (κ3) is 4.35. The number of hydrogen-bond donors (Lipinski definition) is 3. The van der Waals surface area contributed by atoms with Crippen molar-refractivity contribution in [3.05, 3.63) is 28.8 Å². The average molecular weight is 271 g/mol. The van der Waals surface area contributed by atoms with Gasteiger partial charge in [-0.3, -0.25) is 4.79 Å². The van der Waals surface area contributed by atoms with E-state index in [1.54, 1.807) is 0 Å². The number of carboxylic acids is 1. The van der Waals surface area contributed by atoms with E-state index >= 15 is 0 Å². The Morgan fingerprint density at radius 2 is 2.11 bits per heavy atom. The van der Waals surface area contributed by atoms with Gasteiger partial charge in [-0.15, -0.1) is 0 Å². The normalized spacial score (nSPS) is 10.1. The molecule has 0 saturated heterocycles. The highest BCUT2D eigenvalue weighted by Crippen LogP contribution is 2.21. The van der Waals surface area contributed by atoms with Crippen LogP contribution in [-0.2, 0) is 4.79 Å². The topological polar surface area (TPSA) is 78.4 Å². The quantitative estimate of drug-likeness (QED) is 0.691. The number of carbonyl (C=O) groups is 2. The zero-order valence-corrected chi connectivity index (χ0v) is 10.8. The summed E-state index contributed by atoms with van der Waals surface area (Å²) in [6, 6.07) is 4.25. The number of hydrogen-bond acceptors (Lipinski definition) is 3. The predicted molar refractivity (Wildman–Crippen MR) is 70.2 cm³/mol. The molecule has 1 amide bonds. The van der Waals surface area contributed by atoms with Crippen LogP contribution in [0.3, 0.4) is 0 Å². The summed E-state index contributed by atoms with van der Waals surface area (Å²) >= 11 is 5.77. The molecule has 0 bridgehead atoms. The molecular weight excluding hydrogens is 256 g/mol. The number of benzene rings is 1. The highest BCUT2D eigenvalue weighted by atomic mass is 35.5. The van der Waals surface area contributed by atoms with Crippen LogP contribution < -0.4 is 10.6 Å². The minimum atomic E-state index is -1.11. The smallest absolute Gasteiger partial charge is 0.337 e. The van der Waals surface area contributed by atoms with Gasteiger partial charge >= 0.3 is 5.97 Å². The molecule has 0 aromatic heterocycles. The molecule has 6 heteroatoms. The van der Waals surface area contributed by atoms with Crippen molar-refractivity contribution in [3.63, 3.8) is 0 Å². The molecule has 0 aliphatic carbocycles. The van der Waals surface area contributed by atoms with Gasteiger partial charge in [-0.1, -0.05) is 18.5 Å². The van der Waals surface area contributed by atoms with E-state index in [0.29, 0.717) is 5.02 Å². The van der Waals surface area contributed by atoms with E-state index in [2.05, 4.69) is 10.6 Å². The van der Waals surface area contributed by atoms with Crippen molar-refractivity contribution in [1.29, 1.82) is 0 Å². The standard InChI is InChI=1S/C12H15ClN2O3/c1-2-5-14-7-11(16)15-10-6-8(13)3-4-9(10)12(17)18/h3-4,6,14H,2,5,7H2,1H3,(H,15,16)(H,17,18). The van der Waals surface area contributed by atoms with Gasteiger partial charge in [-0.05, 0) is 31.2 Å². The molecule has 0 saturated carbocycles. The first kappa shape index (κ1) is 14.5. The maximum Gasteiger partial charge on any atom is 0.337 e. The van der Waals surface area contributed by atoms with Gasteiger partial charge in [0.25, 0.3) is 0 Å². The molecule has 0 radical (unpaired) electrons. The molecule has 0 heterocycles. The summed E-state index contributed by atoms with van der Waals surface area (Å²) in [5.41, 5.74) is 0.224. The van der Waals surface area contributed by atoms with Crippen LogP contribution in [-0.4, -0.2) is 30.1 Å². The minimum Gasteiger partial charge on any atom is -0.478 e. The Labute approximate surface area is 110 Å². The number of carboxylic acid groups (broad SMARTS) is 1. The van der Waals surface area contributed by atoms with E-state index in [1.807, 2.05) is 6.92 Å². The molecule has 0 unspecified atom stereocenters. The molecular formula is C12H15ClN2O3. The predicted octanol–water partition coefficient (Wildman–Crippen LogP) is 1.98. The Morgan fingerprint density at radius 3 is 2.72 bits per heavy atom. The Bertz CT molecular complexity index is 449. The van der Waals surface area contributed by atoms with Crippen molar-refractivity contribution in [2.24, 2.45) is 0 Å². The van der Waals surface area contributed by atoms with Crippen molar-refractivity contribution in [3.8, 4) is 0 Å². The Hall–Kier alpha value is -1.59. The fraction of sp³-hybridized carbons (Fsp3) is 0.333. The molecule has 0 aliphatic heterocycles. The Morgan fingerprint density at radius 1 is 1.39 bits per heavy atom. The molecule has 1 rings (SSSR count). The lowest BCUT2D eigenvalue weighted by atomic mass is 10.2. The zero-order valence-electron chi connectivity index (χ0n) is 10.00. The summed E-state index contributed by atoms with van der Waals surface area (Å²) in [5, 5.41) is 14.8. The van der Waals surface area contributed by atoms with Crippen molar-refractivity contribution in [2.75, 3.05) is 18.4 Å². The third-order valence-electron chi connectivity index (χ3n) is 2.20. The van der Waals surface area contributed by atoms with Crippen molar-refractivity contribution in [1.82, 2.24) is 5.32 Å². The first-order chi connectivity index (χ1) is 8.54. The van der Waals surface area contributed by atoms with Gasteiger partial charge in [-0.2, -0.15) is 0 Å². The summed E-state index contributed by atoms with van der Waals surface area (Å²) in [6.45, 7) is 2.86. The van der Waals surface area contributed by atoms with E-state index < -0.39 is 5.97 Å². The van der Waals surface area contributed by atoms with Gasteiger partial charge < -0.3 is 15.7 Å². The van der Waals surface area contributed by atoms with Crippen molar-refractivity contribution >= 4 is 29.2 Å². The number of amides is 1. The summed E-state index contributed by atoms with van der Waals surface area (Å²) in [5.74, 6) is -1.41. The summed E-state index contributed by atoms with van der Waals surface area (Å²) in [6.07, 6.45) is 0.921. The molecule has 3 N–H and O–H groups in total. The molecule has 0 aliphatic rings. The minimum absolute atomic E-state index is 0.0169. The lowest BCUT2D eigenvalue weighted by Crippen LogP contribution is -2.29. The van der Waals surface area contributed by atoms with Crippen LogP contribution >= 0.6 is 11.6 Å². The van der Waals surface area contributed by atoms with Crippen LogP contribution in [0.4, 0.5) is 5.69 Å². The van der Waals surface area contributed by atoms with Crippen LogP contribution in [0.1, 0.15) is 23.7 Å². The SMILES string of the molecule is CCCNCC(=O)Nc1cc(Cl)ccc1C(=O)O. The molecule has 0 spiro atoms. The van der Waals surface area contributed by atoms with E-state index in [4.69, 9.17) is 16.7 Å². The zero-order chi connectivity index (χ0) is 13.5.